The van der Waals surface area contributed by atoms with E-state index >= 15 is 0 Å². The Labute approximate surface area is 140 Å². The first-order chi connectivity index (χ1) is 11.8. The smallest absolute Gasteiger partial charge is 0.362 e. The minimum atomic E-state index is -4.53. The molecule has 0 amide bonds. The van der Waals surface area contributed by atoms with E-state index in [-0.39, 0.29) is 28.0 Å². The van der Waals surface area contributed by atoms with Gasteiger partial charge in [-0.2, -0.15) is 0 Å². The molecule has 0 fully saturated rings. The van der Waals surface area contributed by atoms with Crippen LogP contribution in [-0.4, -0.2) is 26.3 Å². The molecule has 0 bridgehead atoms. The van der Waals surface area contributed by atoms with E-state index in [0.717, 1.165) is 6.07 Å². The maximum absolute atomic E-state index is 12.6. The number of hydrogen-bond donors (Lipinski definition) is 4. The lowest BCUT2D eigenvalue weighted by atomic mass is 10.1. The molecule has 0 aliphatic heterocycles. The third-order valence-electron chi connectivity index (χ3n) is 3.37. The van der Waals surface area contributed by atoms with Gasteiger partial charge in [-0.1, -0.05) is 12.1 Å². The summed E-state index contributed by atoms with van der Waals surface area (Å²) in [6.45, 7) is 0. The van der Waals surface area contributed by atoms with Crippen LogP contribution in [0.2, 0.25) is 0 Å². The summed E-state index contributed by atoms with van der Waals surface area (Å²) in [5, 5.41) is 19.3. The third-order valence-corrected chi connectivity index (χ3v) is 3.84. The van der Waals surface area contributed by atoms with Gasteiger partial charge in [0.1, 0.15) is 5.58 Å². The zero-order valence-corrected chi connectivity index (χ0v) is 13.5. The molecule has 3 aromatic rings. The van der Waals surface area contributed by atoms with Crippen molar-refractivity contribution < 1.29 is 33.7 Å². The molecule has 0 radical (unpaired) electrons. The van der Waals surface area contributed by atoms with Crippen LogP contribution in [0.3, 0.4) is 0 Å². The molecule has 4 N–H and O–H groups in total. The highest BCUT2D eigenvalue weighted by Gasteiger charge is 2.22. The monoisotopic (exact) mass is 364 g/mol. The summed E-state index contributed by atoms with van der Waals surface area (Å²) in [5.74, 6) is -1.33. The fourth-order valence-corrected chi connectivity index (χ4v) is 2.56. The molecule has 3 rings (SSSR count). The van der Waals surface area contributed by atoms with Gasteiger partial charge in [-0.25, -0.2) is 0 Å². The highest BCUT2D eigenvalue weighted by molar-refractivity contribution is 7.51. The Bertz CT molecular complexity index is 1050. The molecule has 0 atom stereocenters. The number of phenols is 2. The van der Waals surface area contributed by atoms with Crippen molar-refractivity contribution in [1.82, 2.24) is 0 Å². The van der Waals surface area contributed by atoms with Crippen molar-refractivity contribution >= 4 is 18.6 Å². The number of hydrogen-bond acceptors (Lipinski definition) is 6. The van der Waals surface area contributed by atoms with E-state index in [1.54, 1.807) is 18.2 Å². The average Bonchev–Trinajstić information content (AvgIpc) is 2.55. The molecule has 0 unspecified atom stereocenters. The average molecular weight is 364 g/mol. The molecule has 0 spiro atoms. The fourth-order valence-electron chi connectivity index (χ4n) is 2.26. The highest BCUT2D eigenvalue weighted by atomic mass is 31.2. The number of benzene rings is 2. The van der Waals surface area contributed by atoms with Crippen LogP contribution >= 0.6 is 7.60 Å². The van der Waals surface area contributed by atoms with E-state index in [0.29, 0.717) is 0 Å². The van der Waals surface area contributed by atoms with Crippen LogP contribution < -0.4 is 10.2 Å². The van der Waals surface area contributed by atoms with Gasteiger partial charge in [0.15, 0.2) is 23.6 Å². The predicted molar refractivity (Wildman–Crippen MR) is 88.8 cm³/mol. The van der Waals surface area contributed by atoms with Gasteiger partial charge in [0.05, 0.1) is 5.39 Å². The molecule has 0 aliphatic rings. The van der Waals surface area contributed by atoms with Crippen molar-refractivity contribution in [3.05, 3.63) is 52.7 Å². The zero-order valence-electron chi connectivity index (χ0n) is 12.6. The van der Waals surface area contributed by atoms with Crippen LogP contribution in [0.25, 0.3) is 22.3 Å². The van der Waals surface area contributed by atoms with Crippen LogP contribution in [0.15, 0.2) is 51.7 Å². The summed E-state index contributed by atoms with van der Waals surface area (Å²) in [6, 6.07) is 10.0. The van der Waals surface area contributed by atoms with Gasteiger partial charge < -0.3 is 29.2 Å². The molecule has 0 saturated carbocycles. The van der Waals surface area contributed by atoms with E-state index < -0.39 is 30.9 Å². The molecule has 1 aromatic heterocycles. The predicted octanol–water partition coefficient (Wildman–Crippen LogP) is 2.39. The van der Waals surface area contributed by atoms with Crippen LogP contribution in [0.5, 0.6) is 17.2 Å². The molecule has 0 aliphatic carbocycles. The van der Waals surface area contributed by atoms with E-state index in [1.807, 2.05) is 0 Å². The van der Waals surface area contributed by atoms with Gasteiger partial charge in [0.2, 0.25) is 11.2 Å². The second-order valence-electron chi connectivity index (χ2n) is 5.23. The largest absolute Gasteiger partial charge is 0.504 e. The number of ether oxygens (including phenoxy) is 1. The van der Waals surface area contributed by atoms with Gasteiger partial charge in [0.25, 0.3) is 0 Å². The number of para-hydroxylation sites is 1. The maximum atomic E-state index is 12.6. The Kier molecular flexibility index (Phi) is 4.26. The fraction of sp³-hybridized carbons (Fsp3) is 0.0625. The lowest BCUT2D eigenvalue weighted by Crippen LogP contribution is -2.11. The Balaban J connectivity index is 2.25. The topological polar surface area (TPSA) is 137 Å². The second kappa shape index (κ2) is 6.25. The van der Waals surface area contributed by atoms with E-state index in [1.165, 1.54) is 18.2 Å². The third kappa shape index (κ3) is 3.51. The lowest BCUT2D eigenvalue weighted by Gasteiger charge is -2.12. The summed E-state index contributed by atoms with van der Waals surface area (Å²) in [4.78, 5) is 30.7. The first kappa shape index (κ1) is 17.0. The minimum Gasteiger partial charge on any atom is -0.504 e. The summed E-state index contributed by atoms with van der Waals surface area (Å²) < 4.78 is 21.8. The van der Waals surface area contributed by atoms with Gasteiger partial charge in [0, 0.05) is 5.56 Å². The second-order valence-corrected chi connectivity index (χ2v) is 6.81. The van der Waals surface area contributed by atoms with Crippen molar-refractivity contribution in [2.24, 2.45) is 0 Å². The zero-order chi connectivity index (χ0) is 18.2. The maximum Gasteiger partial charge on any atom is 0.362 e. The van der Waals surface area contributed by atoms with Gasteiger partial charge in [-0.05, 0) is 30.3 Å². The van der Waals surface area contributed by atoms with E-state index in [9.17, 15) is 19.6 Å². The first-order valence-electron chi connectivity index (χ1n) is 7.02. The van der Waals surface area contributed by atoms with Crippen LogP contribution in [0.4, 0.5) is 0 Å². The van der Waals surface area contributed by atoms with Gasteiger partial charge in [-0.15, -0.1) is 0 Å². The Morgan fingerprint density at radius 1 is 1.04 bits per heavy atom. The summed E-state index contributed by atoms with van der Waals surface area (Å²) in [5.41, 5.74) is -0.185. The van der Waals surface area contributed by atoms with E-state index in [4.69, 9.17) is 18.9 Å². The molecule has 9 heteroatoms. The first-order valence-corrected chi connectivity index (χ1v) is 8.81. The molecular formula is C16H13O8P. The number of rotatable bonds is 4. The molecule has 25 heavy (non-hydrogen) atoms. The summed E-state index contributed by atoms with van der Waals surface area (Å²) in [6.07, 6.45) is -1.01. The van der Waals surface area contributed by atoms with Crippen LogP contribution in [-0.2, 0) is 4.57 Å². The Morgan fingerprint density at radius 3 is 2.44 bits per heavy atom. The Morgan fingerprint density at radius 2 is 1.76 bits per heavy atom. The molecule has 8 nitrogen and oxygen atoms in total. The molecule has 1 heterocycles. The van der Waals surface area contributed by atoms with Crippen molar-refractivity contribution in [3.63, 3.8) is 0 Å². The van der Waals surface area contributed by atoms with Crippen LogP contribution in [0.1, 0.15) is 0 Å². The van der Waals surface area contributed by atoms with Gasteiger partial charge in [-0.3, -0.25) is 9.36 Å². The Hall–Kier alpha value is -2.80. The van der Waals surface area contributed by atoms with Crippen molar-refractivity contribution in [1.29, 1.82) is 0 Å². The molecule has 130 valence electrons. The van der Waals surface area contributed by atoms with E-state index in [2.05, 4.69) is 0 Å². The summed E-state index contributed by atoms with van der Waals surface area (Å²) >= 11 is 0. The highest BCUT2D eigenvalue weighted by Crippen LogP contribution is 2.39. The standard InChI is InChI=1S/C16H13O8P/c17-11-6-5-9(7-12(11)18)15-16(23-8-25(20,21)22)14(19)10-3-1-2-4-13(10)24-15/h1-7,17-18H,8H2,(H2,20,21,22). The molecular weight excluding hydrogens is 351 g/mol. The summed E-state index contributed by atoms with van der Waals surface area (Å²) in [7, 11) is -4.53. The number of phenolic OH excluding ortho intramolecular Hbond substituents is 2. The number of aromatic hydroxyl groups is 2. The number of fused-ring (bicyclic) bond motifs is 1. The quantitative estimate of drug-likeness (QED) is 0.409. The van der Waals surface area contributed by atoms with Crippen LogP contribution in [0, 0.1) is 0 Å². The minimum absolute atomic E-state index is 0.118. The van der Waals surface area contributed by atoms with Gasteiger partial charge >= 0.3 is 7.60 Å². The van der Waals surface area contributed by atoms with Crippen molar-refractivity contribution in [3.8, 4) is 28.6 Å². The molecule has 2 aromatic carbocycles. The molecule has 0 saturated heterocycles. The SMILES string of the molecule is O=c1c(OCP(=O)(O)O)c(-c2ccc(O)c(O)c2)oc2ccccc12. The van der Waals surface area contributed by atoms with Crippen molar-refractivity contribution in [2.75, 3.05) is 6.35 Å². The van der Waals surface area contributed by atoms with Crippen molar-refractivity contribution in [2.45, 2.75) is 0 Å². The normalized spacial score (nSPS) is 11.6. The lowest BCUT2D eigenvalue weighted by molar-refractivity contribution is 0.296.